The molecule has 2 N–H and O–H groups in total. The number of aliphatic hydroxyl groups excluding tert-OH is 1. The Morgan fingerprint density at radius 2 is 2.05 bits per heavy atom. The first-order valence-electron chi connectivity index (χ1n) is 7.81. The summed E-state index contributed by atoms with van der Waals surface area (Å²) in [6, 6.07) is -0.0251. The zero-order valence-electron chi connectivity index (χ0n) is 12.3. The number of carbonyl (C=O) groups is 1. The molecule has 1 heterocycles. The van der Waals surface area contributed by atoms with Crippen LogP contribution in [0.1, 0.15) is 51.9 Å². The lowest BCUT2D eigenvalue weighted by Crippen LogP contribution is -2.54. The highest BCUT2D eigenvalue weighted by Gasteiger charge is 2.34. The van der Waals surface area contributed by atoms with Crippen molar-refractivity contribution in [1.82, 2.24) is 10.2 Å². The minimum atomic E-state index is -0.340. The van der Waals surface area contributed by atoms with Crippen LogP contribution in [0.5, 0.6) is 0 Å². The first kappa shape index (κ1) is 14.8. The summed E-state index contributed by atoms with van der Waals surface area (Å²) in [4.78, 5) is 14.4. The summed E-state index contributed by atoms with van der Waals surface area (Å²) in [6.45, 7) is 3.14. The molecule has 1 aliphatic carbocycles. The lowest BCUT2D eigenvalue weighted by molar-refractivity contribution is -0.138. The predicted octanol–water partition coefficient (Wildman–Crippen LogP) is 1.53. The molecule has 4 nitrogen and oxygen atoms in total. The van der Waals surface area contributed by atoms with Gasteiger partial charge in [0, 0.05) is 7.05 Å². The van der Waals surface area contributed by atoms with E-state index in [1.165, 1.54) is 6.42 Å². The maximum absolute atomic E-state index is 12.6. The summed E-state index contributed by atoms with van der Waals surface area (Å²) in [5.74, 6) is 0.837. The quantitative estimate of drug-likeness (QED) is 0.816. The second kappa shape index (κ2) is 6.71. The lowest BCUT2D eigenvalue weighted by Gasteiger charge is -2.38. The second-order valence-corrected chi connectivity index (χ2v) is 6.17. The Labute approximate surface area is 116 Å². The van der Waals surface area contributed by atoms with Gasteiger partial charge in [0.2, 0.25) is 5.91 Å². The highest BCUT2D eigenvalue weighted by atomic mass is 16.3. The molecule has 19 heavy (non-hydrogen) atoms. The van der Waals surface area contributed by atoms with Crippen molar-refractivity contribution in [2.75, 3.05) is 13.6 Å². The van der Waals surface area contributed by atoms with Crippen molar-refractivity contribution in [1.29, 1.82) is 0 Å². The molecule has 0 bridgehead atoms. The number of nitrogens with one attached hydrogen (secondary N) is 1. The number of hydrogen-bond acceptors (Lipinski definition) is 3. The van der Waals surface area contributed by atoms with Crippen molar-refractivity contribution in [2.45, 2.75) is 70.1 Å². The van der Waals surface area contributed by atoms with Crippen molar-refractivity contribution in [3.05, 3.63) is 0 Å². The van der Waals surface area contributed by atoms with Gasteiger partial charge in [-0.15, -0.1) is 0 Å². The third kappa shape index (κ3) is 3.48. The fourth-order valence-corrected chi connectivity index (χ4v) is 3.51. The molecule has 1 saturated carbocycles. The molecular formula is C15H28N2O2. The number of aliphatic hydroxyl groups is 1. The maximum Gasteiger partial charge on any atom is 0.239 e. The summed E-state index contributed by atoms with van der Waals surface area (Å²) in [7, 11) is 1.86. The molecule has 0 aromatic carbocycles. The summed E-state index contributed by atoms with van der Waals surface area (Å²) in [5.41, 5.74) is 0. The van der Waals surface area contributed by atoms with Crippen molar-refractivity contribution in [3.8, 4) is 0 Å². The third-order valence-corrected chi connectivity index (χ3v) is 4.93. The average molecular weight is 268 g/mol. The Bertz CT molecular complexity index is 309. The van der Waals surface area contributed by atoms with Gasteiger partial charge in [-0.1, -0.05) is 26.2 Å². The topological polar surface area (TPSA) is 52.6 Å². The fourth-order valence-electron chi connectivity index (χ4n) is 3.51. The van der Waals surface area contributed by atoms with E-state index in [0.717, 1.165) is 45.1 Å². The summed E-state index contributed by atoms with van der Waals surface area (Å²) in [5, 5.41) is 13.4. The first-order valence-corrected chi connectivity index (χ1v) is 7.81. The number of piperidine rings is 1. The molecule has 1 aliphatic heterocycles. The molecule has 0 spiro atoms. The molecular weight excluding hydrogens is 240 g/mol. The number of amides is 1. The van der Waals surface area contributed by atoms with E-state index < -0.39 is 0 Å². The summed E-state index contributed by atoms with van der Waals surface area (Å²) in [6.07, 6.45) is 6.91. The molecule has 2 aliphatic rings. The first-order chi connectivity index (χ1) is 9.13. The maximum atomic E-state index is 12.6. The summed E-state index contributed by atoms with van der Waals surface area (Å²) >= 11 is 0. The highest BCUT2D eigenvalue weighted by molar-refractivity contribution is 5.82. The largest absolute Gasteiger partial charge is 0.391 e. The number of likely N-dealkylation sites (N-methyl/N-ethyl adjacent to an activating group) is 1. The number of carbonyl (C=O) groups excluding carboxylic acids is 1. The predicted molar refractivity (Wildman–Crippen MR) is 75.8 cm³/mol. The molecule has 110 valence electrons. The van der Waals surface area contributed by atoms with Gasteiger partial charge < -0.3 is 15.3 Å². The minimum Gasteiger partial charge on any atom is -0.391 e. The van der Waals surface area contributed by atoms with Gasteiger partial charge in [0.1, 0.15) is 0 Å². The van der Waals surface area contributed by atoms with Gasteiger partial charge in [0.15, 0.2) is 0 Å². The van der Waals surface area contributed by atoms with Crippen molar-refractivity contribution in [2.24, 2.45) is 5.92 Å². The van der Waals surface area contributed by atoms with Crippen LogP contribution in [0.2, 0.25) is 0 Å². The Morgan fingerprint density at radius 1 is 1.32 bits per heavy atom. The van der Waals surface area contributed by atoms with Crippen LogP contribution in [-0.4, -0.2) is 47.7 Å². The molecule has 0 radical (unpaired) electrons. The van der Waals surface area contributed by atoms with Gasteiger partial charge in [0.05, 0.1) is 18.2 Å². The smallest absolute Gasteiger partial charge is 0.239 e. The number of rotatable bonds is 3. The van der Waals surface area contributed by atoms with E-state index in [-0.39, 0.29) is 24.1 Å². The van der Waals surface area contributed by atoms with Gasteiger partial charge in [-0.2, -0.15) is 0 Å². The SMILES string of the molecule is CCC1CCNC(C(=O)N(C)C2CCCCC2O)C1. The third-order valence-electron chi connectivity index (χ3n) is 4.93. The van der Waals surface area contributed by atoms with Gasteiger partial charge in [0.25, 0.3) is 0 Å². The average Bonchev–Trinajstić information content (AvgIpc) is 2.46. The van der Waals surface area contributed by atoms with Crippen LogP contribution in [-0.2, 0) is 4.79 Å². The molecule has 1 amide bonds. The highest BCUT2D eigenvalue weighted by Crippen LogP contribution is 2.25. The molecule has 1 saturated heterocycles. The van der Waals surface area contributed by atoms with Crippen LogP contribution in [0.3, 0.4) is 0 Å². The van der Waals surface area contributed by atoms with E-state index in [4.69, 9.17) is 0 Å². The molecule has 4 unspecified atom stereocenters. The van der Waals surface area contributed by atoms with Crippen LogP contribution in [0.25, 0.3) is 0 Å². The van der Waals surface area contributed by atoms with Crippen molar-refractivity contribution < 1.29 is 9.90 Å². The Kier molecular flexibility index (Phi) is 5.22. The standard InChI is InChI=1S/C15H28N2O2/c1-3-11-8-9-16-12(10-11)15(19)17(2)13-6-4-5-7-14(13)18/h11-14,16,18H,3-10H2,1-2H3. The molecule has 2 rings (SSSR count). The van der Waals surface area contributed by atoms with Crippen LogP contribution in [0.4, 0.5) is 0 Å². The van der Waals surface area contributed by atoms with Crippen LogP contribution >= 0.6 is 0 Å². The van der Waals surface area contributed by atoms with Gasteiger partial charge >= 0.3 is 0 Å². The van der Waals surface area contributed by atoms with E-state index in [2.05, 4.69) is 12.2 Å². The Balaban J connectivity index is 1.94. The van der Waals surface area contributed by atoms with E-state index >= 15 is 0 Å². The van der Waals surface area contributed by atoms with Gasteiger partial charge in [-0.25, -0.2) is 0 Å². The second-order valence-electron chi connectivity index (χ2n) is 6.17. The number of nitrogens with zero attached hydrogens (tertiary/aromatic N) is 1. The van der Waals surface area contributed by atoms with E-state index in [0.29, 0.717) is 5.92 Å². The lowest BCUT2D eigenvalue weighted by atomic mass is 9.88. The Hall–Kier alpha value is -0.610. The zero-order valence-corrected chi connectivity index (χ0v) is 12.3. The normalized spacial score (nSPS) is 35.9. The van der Waals surface area contributed by atoms with E-state index in [1.54, 1.807) is 4.90 Å². The van der Waals surface area contributed by atoms with Crippen LogP contribution in [0.15, 0.2) is 0 Å². The molecule has 0 aromatic rings. The van der Waals surface area contributed by atoms with Crippen LogP contribution in [0, 0.1) is 5.92 Å². The zero-order chi connectivity index (χ0) is 13.8. The number of hydrogen-bond donors (Lipinski definition) is 2. The molecule has 0 aromatic heterocycles. The van der Waals surface area contributed by atoms with Crippen molar-refractivity contribution in [3.63, 3.8) is 0 Å². The van der Waals surface area contributed by atoms with Gasteiger partial charge in [-0.3, -0.25) is 4.79 Å². The summed E-state index contributed by atoms with van der Waals surface area (Å²) < 4.78 is 0. The fraction of sp³-hybridized carbons (Fsp3) is 0.933. The van der Waals surface area contributed by atoms with Crippen LogP contribution < -0.4 is 5.32 Å². The van der Waals surface area contributed by atoms with E-state index in [1.807, 2.05) is 7.05 Å². The molecule has 4 atom stereocenters. The van der Waals surface area contributed by atoms with Gasteiger partial charge in [-0.05, 0) is 38.1 Å². The molecule has 4 heteroatoms. The van der Waals surface area contributed by atoms with E-state index in [9.17, 15) is 9.90 Å². The minimum absolute atomic E-state index is 0.0186. The molecule has 2 fully saturated rings. The Morgan fingerprint density at radius 3 is 2.74 bits per heavy atom. The van der Waals surface area contributed by atoms with Crippen molar-refractivity contribution >= 4 is 5.91 Å². The monoisotopic (exact) mass is 268 g/mol.